The molecule has 0 aliphatic rings. The van der Waals surface area contributed by atoms with E-state index in [2.05, 4.69) is 175 Å². The van der Waals surface area contributed by atoms with Crippen LogP contribution in [0.5, 0.6) is 0 Å². The first-order chi connectivity index (χ1) is 27.4. The highest BCUT2D eigenvalue weighted by molar-refractivity contribution is 6.11. The fourth-order valence-corrected chi connectivity index (χ4v) is 8.68. The summed E-state index contributed by atoms with van der Waals surface area (Å²) < 4.78 is 4.71. The molecule has 0 saturated heterocycles. The van der Waals surface area contributed by atoms with Crippen LogP contribution in [0, 0.1) is 39.0 Å². The SMILES string of the molecule is Cc1ccc2c(c1)c1cc(C)ccc1n2-c1ccc(-c2c(C#N)ccc(-c3ccncc3)c2-c2ccc(-n3c4ccc(C)cc4c4cc(C)ccc43)cc2)cc1. The second kappa shape index (κ2) is 13.0. The number of aromatic nitrogens is 3. The molecule has 0 bridgehead atoms. The first-order valence-corrected chi connectivity index (χ1v) is 19.1. The predicted molar refractivity (Wildman–Crippen MR) is 233 cm³/mol. The summed E-state index contributed by atoms with van der Waals surface area (Å²) in [4.78, 5) is 4.32. The molecule has 0 spiro atoms. The molecular formula is C52H38N4. The van der Waals surface area contributed by atoms with Gasteiger partial charge in [0.05, 0.1) is 33.7 Å². The smallest absolute Gasteiger partial charge is 0.0998 e. The summed E-state index contributed by atoms with van der Waals surface area (Å²) in [6.07, 6.45) is 3.66. The van der Waals surface area contributed by atoms with Crippen LogP contribution in [0.15, 0.2) is 158 Å². The highest BCUT2D eigenvalue weighted by Gasteiger charge is 2.20. The maximum Gasteiger partial charge on any atom is 0.0998 e. The number of fused-ring (bicyclic) bond motifs is 6. The molecular weight excluding hydrogens is 681 g/mol. The van der Waals surface area contributed by atoms with Crippen molar-refractivity contribution in [1.29, 1.82) is 5.26 Å². The van der Waals surface area contributed by atoms with Crippen molar-refractivity contribution in [1.82, 2.24) is 14.1 Å². The summed E-state index contributed by atoms with van der Waals surface area (Å²) in [5, 5.41) is 15.7. The molecule has 3 heterocycles. The molecule has 0 saturated carbocycles. The van der Waals surface area contributed by atoms with Crippen LogP contribution in [0.3, 0.4) is 0 Å². The zero-order valence-corrected chi connectivity index (χ0v) is 31.8. The molecule has 0 atom stereocenters. The molecule has 0 N–H and O–H groups in total. The number of aryl methyl sites for hydroxylation is 4. The second-order valence-corrected chi connectivity index (χ2v) is 15.1. The Hall–Kier alpha value is -7.22. The van der Waals surface area contributed by atoms with Crippen LogP contribution in [-0.2, 0) is 0 Å². The van der Waals surface area contributed by atoms with Gasteiger partial charge in [-0.3, -0.25) is 4.98 Å². The predicted octanol–water partition coefficient (Wildman–Crippen LogP) is 13.4. The summed E-state index contributed by atoms with van der Waals surface area (Å²) >= 11 is 0. The minimum absolute atomic E-state index is 0.630. The third kappa shape index (κ3) is 5.32. The molecule has 0 unspecified atom stereocenters. The molecule has 4 nitrogen and oxygen atoms in total. The summed E-state index contributed by atoms with van der Waals surface area (Å²) in [5.74, 6) is 0. The van der Waals surface area contributed by atoms with Crippen LogP contribution < -0.4 is 0 Å². The van der Waals surface area contributed by atoms with Crippen molar-refractivity contribution in [2.45, 2.75) is 27.7 Å². The summed E-state index contributed by atoms with van der Waals surface area (Å²) in [6, 6.07) is 55.0. The average Bonchev–Trinajstić information content (AvgIpc) is 3.71. The monoisotopic (exact) mass is 718 g/mol. The van der Waals surface area contributed by atoms with E-state index in [0.29, 0.717) is 5.56 Å². The number of hydrogen-bond donors (Lipinski definition) is 0. The van der Waals surface area contributed by atoms with Crippen molar-refractivity contribution in [3.05, 3.63) is 186 Å². The van der Waals surface area contributed by atoms with Crippen molar-refractivity contribution in [2.24, 2.45) is 0 Å². The molecule has 0 amide bonds. The first kappa shape index (κ1) is 33.4. The molecule has 266 valence electrons. The molecule has 7 aromatic carbocycles. The highest BCUT2D eigenvalue weighted by Crippen LogP contribution is 2.43. The van der Waals surface area contributed by atoms with Gasteiger partial charge in [0.1, 0.15) is 0 Å². The fourth-order valence-electron chi connectivity index (χ4n) is 8.68. The molecule has 56 heavy (non-hydrogen) atoms. The van der Waals surface area contributed by atoms with Gasteiger partial charge in [-0.2, -0.15) is 5.26 Å². The van der Waals surface area contributed by atoms with Crippen LogP contribution in [0.25, 0.3) is 88.4 Å². The van der Waals surface area contributed by atoms with E-state index in [1.807, 2.05) is 30.6 Å². The van der Waals surface area contributed by atoms with E-state index in [1.165, 1.54) is 65.9 Å². The lowest BCUT2D eigenvalue weighted by Crippen LogP contribution is -1.98. The molecule has 10 rings (SSSR count). The first-order valence-electron chi connectivity index (χ1n) is 19.1. The van der Waals surface area contributed by atoms with E-state index >= 15 is 0 Å². The molecule has 4 heteroatoms. The Bertz CT molecular complexity index is 3090. The van der Waals surface area contributed by atoms with Crippen LogP contribution in [0.1, 0.15) is 27.8 Å². The number of pyridine rings is 1. The molecule has 3 aromatic heterocycles. The van der Waals surface area contributed by atoms with Crippen molar-refractivity contribution in [2.75, 3.05) is 0 Å². The topological polar surface area (TPSA) is 46.5 Å². The largest absolute Gasteiger partial charge is 0.309 e. The number of hydrogen-bond acceptors (Lipinski definition) is 2. The Labute approximate surface area is 326 Å². The Morgan fingerprint density at radius 2 is 0.804 bits per heavy atom. The molecule has 0 fully saturated rings. The van der Waals surface area contributed by atoms with Gasteiger partial charge in [-0.25, -0.2) is 0 Å². The Morgan fingerprint density at radius 3 is 1.20 bits per heavy atom. The molecule has 0 radical (unpaired) electrons. The Kier molecular flexibility index (Phi) is 7.73. The van der Waals surface area contributed by atoms with E-state index in [0.717, 1.165) is 44.8 Å². The summed E-state index contributed by atoms with van der Waals surface area (Å²) in [6.45, 7) is 8.61. The standard InChI is InChI=1S/C52H38N4/c1-32-5-19-47-43(27-32)44-28-33(2)6-20-48(44)55(47)40-14-9-37(10-15-40)51-39(31-53)13-18-42(36-23-25-54-26-24-36)52(51)38-11-16-41(17-12-38)56-49-21-7-34(3)29-45(49)46-30-35(4)8-22-50(46)56/h5-30H,1-4H3. The van der Waals surface area contributed by atoms with Crippen LogP contribution in [0.2, 0.25) is 0 Å². The highest BCUT2D eigenvalue weighted by atomic mass is 15.0. The van der Waals surface area contributed by atoms with Crippen LogP contribution in [0.4, 0.5) is 0 Å². The van der Waals surface area contributed by atoms with Crippen molar-refractivity contribution >= 4 is 43.6 Å². The minimum Gasteiger partial charge on any atom is -0.309 e. The summed E-state index contributed by atoms with van der Waals surface area (Å²) in [5.41, 5.74) is 18.5. The number of nitriles is 1. The van der Waals surface area contributed by atoms with Crippen LogP contribution >= 0.6 is 0 Å². The van der Waals surface area contributed by atoms with Gasteiger partial charge in [0.15, 0.2) is 0 Å². The maximum atomic E-state index is 10.6. The van der Waals surface area contributed by atoms with Gasteiger partial charge in [0.25, 0.3) is 0 Å². The summed E-state index contributed by atoms with van der Waals surface area (Å²) in [7, 11) is 0. The van der Waals surface area contributed by atoms with E-state index < -0.39 is 0 Å². The van der Waals surface area contributed by atoms with E-state index in [9.17, 15) is 5.26 Å². The minimum atomic E-state index is 0.630. The third-order valence-electron chi connectivity index (χ3n) is 11.3. The van der Waals surface area contributed by atoms with Crippen molar-refractivity contribution in [3.8, 4) is 50.8 Å². The zero-order valence-electron chi connectivity index (χ0n) is 31.8. The second-order valence-electron chi connectivity index (χ2n) is 15.1. The molecule has 0 aliphatic carbocycles. The quantitative estimate of drug-likeness (QED) is 0.178. The third-order valence-corrected chi connectivity index (χ3v) is 11.3. The van der Waals surface area contributed by atoms with Gasteiger partial charge in [0.2, 0.25) is 0 Å². The lowest BCUT2D eigenvalue weighted by molar-refractivity contribution is 1.18. The van der Waals surface area contributed by atoms with E-state index in [-0.39, 0.29) is 0 Å². The van der Waals surface area contributed by atoms with E-state index in [1.54, 1.807) is 0 Å². The average molecular weight is 719 g/mol. The normalized spacial score (nSPS) is 11.6. The Morgan fingerprint density at radius 1 is 0.411 bits per heavy atom. The number of benzene rings is 7. The number of rotatable bonds is 5. The lowest BCUT2D eigenvalue weighted by Gasteiger charge is -2.19. The van der Waals surface area contributed by atoms with Gasteiger partial charge in [-0.1, -0.05) is 76.9 Å². The molecule has 0 aliphatic heterocycles. The zero-order chi connectivity index (χ0) is 38.1. The lowest BCUT2D eigenvalue weighted by atomic mass is 9.85. The van der Waals surface area contributed by atoms with Gasteiger partial charge in [-0.15, -0.1) is 0 Å². The molecule has 10 aromatic rings. The van der Waals surface area contributed by atoms with Crippen molar-refractivity contribution < 1.29 is 0 Å². The Balaban J connectivity index is 1.15. The van der Waals surface area contributed by atoms with Gasteiger partial charge < -0.3 is 9.13 Å². The van der Waals surface area contributed by atoms with Gasteiger partial charge in [-0.05, 0) is 147 Å². The maximum absolute atomic E-state index is 10.6. The van der Waals surface area contributed by atoms with Crippen molar-refractivity contribution in [3.63, 3.8) is 0 Å². The number of nitrogens with zero attached hydrogens (tertiary/aromatic N) is 4. The van der Waals surface area contributed by atoms with Gasteiger partial charge in [0, 0.05) is 50.9 Å². The van der Waals surface area contributed by atoms with Gasteiger partial charge >= 0.3 is 0 Å². The van der Waals surface area contributed by atoms with Crippen LogP contribution in [-0.4, -0.2) is 14.1 Å². The van der Waals surface area contributed by atoms with E-state index in [4.69, 9.17) is 0 Å². The fraction of sp³-hybridized carbons (Fsp3) is 0.0769.